The number of ether oxygens (including phenoxy) is 1. The van der Waals surface area contributed by atoms with Crippen molar-refractivity contribution in [2.24, 2.45) is 0 Å². The normalized spacial score (nSPS) is 12.6. The molecule has 0 heterocycles. The lowest BCUT2D eigenvalue weighted by Gasteiger charge is -2.13. The Bertz CT molecular complexity index is 368. The molecule has 0 bridgehead atoms. The summed E-state index contributed by atoms with van der Waals surface area (Å²) >= 11 is 0. The van der Waals surface area contributed by atoms with E-state index in [2.05, 4.69) is 4.74 Å². The molecule has 16 heavy (non-hydrogen) atoms. The molecular weight excluding hydrogens is 225 g/mol. The lowest BCUT2D eigenvalue weighted by molar-refractivity contribution is -0.0676. The highest BCUT2D eigenvalue weighted by Gasteiger charge is 2.21. The summed E-state index contributed by atoms with van der Waals surface area (Å²) in [7, 11) is 0. The van der Waals surface area contributed by atoms with Gasteiger partial charge in [-0.3, -0.25) is 4.79 Å². The number of aliphatic hydroxyl groups is 1. The number of hydrogen-bond acceptors (Lipinski definition) is 3. The molecule has 1 atom stereocenters. The van der Waals surface area contributed by atoms with Crippen LogP contribution in [0.3, 0.4) is 0 Å². The Kier molecular flexibility index (Phi) is 4.30. The maximum Gasteiger partial charge on any atom is 0.304 e. The van der Waals surface area contributed by atoms with E-state index >= 15 is 0 Å². The summed E-state index contributed by atoms with van der Waals surface area (Å²) in [6, 6.07) is 3.67. The average Bonchev–Trinajstić information content (AvgIpc) is 2.29. The first-order valence-electron chi connectivity index (χ1n) is 4.36. The number of carbonyl (C=O) groups is 1. The van der Waals surface area contributed by atoms with E-state index in [0.717, 1.165) is 6.07 Å². The van der Waals surface area contributed by atoms with Crippen molar-refractivity contribution < 1.29 is 27.8 Å². The fourth-order valence-electron chi connectivity index (χ4n) is 1.08. The Balaban J connectivity index is 2.91. The van der Waals surface area contributed by atoms with Gasteiger partial charge in [0.1, 0.15) is 12.0 Å². The Labute approximate surface area is 89.5 Å². The van der Waals surface area contributed by atoms with Crippen LogP contribution < -0.4 is 4.74 Å². The zero-order chi connectivity index (χ0) is 12.1. The quantitative estimate of drug-likeness (QED) is 0.792. The minimum absolute atomic E-state index is 0.0768. The SMILES string of the molecule is O=Cc1ccc(OC(F)C(F)F)c(CO)c1. The number of rotatable bonds is 5. The largest absolute Gasteiger partial charge is 0.454 e. The number of carbonyl (C=O) groups excluding carboxylic acids is 1. The highest BCUT2D eigenvalue weighted by Crippen LogP contribution is 2.22. The van der Waals surface area contributed by atoms with Crippen LogP contribution in [-0.2, 0) is 6.61 Å². The number of benzene rings is 1. The molecule has 0 saturated heterocycles. The second-order valence-electron chi connectivity index (χ2n) is 2.95. The minimum atomic E-state index is -3.27. The third kappa shape index (κ3) is 2.96. The Morgan fingerprint density at radius 2 is 2.06 bits per heavy atom. The van der Waals surface area contributed by atoms with Crippen LogP contribution in [0.4, 0.5) is 13.2 Å². The average molecular weight is 234 g/mol. The van der Waals surface area contributed by atoms with Crippen molar-refractivity contribution in [2.75, 3.05) is 0 Å². The van der Waals surface area contributed by atoms with Gasteiger partial charge in [0.05, 0.1) is 6.61 Å². The molecule has 0 aliphatic rings. The molecule has 6 heteroatoms. The van der Waals surface area contributed by atoms with Crippen molar-refractivity contribution in [1.29, 1.82) is 0 Å². The van der Waals surface area contributed by atoms with E-state index in [-0.39, 0.29) is 16.9 Å². The molecule has 0 amide bonds. The third-order valence-electron chi connectivity index (χ3n) is 1.83. The van der Waals surface area contributed by atoms with Gasteiger partial charge >= 0.3 is 6.43 Å². The van der Waals surface area contributed by atoms with E-state index in [1.165, 1.54) is 12.1 Å². The van der Waals surface area contributed by atoms with Crippen molar-refractivity contribution in [1.82, 2.24) is 0 Å². The van der Waals surface area contributed by atoms with E-state index < -0.39 is 19.4 Å². The van der Waals surface area contributed by atoms with E-state index in [4.69, 9.17) is 5.11 Å². The first-order chi connectivity index (χ1) is 7.58. The van der Waals surface area contributed by atoms with Gasteiger partial charge in [0.15, 0.2) is 0 Å². The van der Waals surface area contributed by atoms with Gasteiger partial charge < -0.3 is 9.84 Å². The van der Waals surface area contributed by atoms with Crippen molar-refractivity contribution >= 4 is 6.29 Å². The van der Waals surface area contributed by atoms with Gasteiger partial charge in [0.2, 0.25) is 0 Å². The zero-order valence-corrected chi connectivity index (χ0v) is 8.07. The molecule has 0 aromatic heterocycles. The number of halogens is 3. The van der Waals surface area contributed by atoms with Crippen LogP contribution in [0, 0.1) is 0 Å². The first-order valence-corrected chi connectivity index (χ1v) is 4.36. The molecule has 0 spiro atoms. The molecule has 0 fully saturated rings. The van der Waals surface area contributed by atoms with Crippen LogP contribution in [0.15, 0.2) is 18.2 Å². The maximum atomic E-state index is 12.6. The van der Waals surface area contributed by atoms with Crippen LogP contribution in [0.2, 0.25) is 0 Å². The summed E-state index contributed by atoms with van der Waals surface area (Å²) in [6.07, 6.45) is -5.51. The first kappa shape index (κ1) is 12.5. The molecule has 0 aliphatic heterocycles. The molecular formula is C10H9F3O3. The highest BCUT2D eigenvalue weighted by molar-refractivity contribution is 5.75. The molecule has 3 nitrogen and oxygen atoms in total. The van der Waals surface area contributed by atoms with Crippen LogP contribution >= 0.6 is 0 Å². The Morgan fingerprint density at radius 3 is 2.56 bits per heavy atom. The predicted octanol–water partition coefficient (Wildman–Crippen LogP) is 1.93. The number of alkyl halides is 3. The smallest absolute Gasteiger partial charge is 0.304 e. The van der Waals surface area contributed by atoms with Gasteiger partial charge in [-0.2, -0.15) is 4.39 Å². The van der Waals surface area contributed by atoms with Crippen LogP contribution in [0.25, 0.3) is 0 Å². The number of aldehydes is 1. The van der Waals surface area contributed by atoms with Gasteiger partial charge in [-0.15, -0.1) is 0 Å². The second-order valence-corrected chi connectivity index (χ2v) is 2.95. The number of hydrogen-bond donors (Lipinski definition) is 1. The van der Waals surface area contributed by atoms with Gasteiger partial charge in [0, 0.05) is 11.1 Å². The van der Waals surface area contributed by atoms with Gasteiger partial charge in [-0.05, 0) is 18.2 Å². The van der Waals surface area contributed by atoms with Gasteiger partial charge in [0.25, 0.3) is 6.36 Å². The predicted molar refractivity (Wildman–Crippen MR) is 49.3 cm³/mol. The molecule has 88 valence electrons. The number of aliphatic hydroxyl groups excluding tert-OH is 1. The summed E-state index contributed by atoms with van der Waals surface area (Å²) in [5.74, 6) is -0.207. The second kappa shape index (κ2) is 5.50. The van der Waals surface area contributed by atoms with E-state index in [0.29, 0.717) is 6.29 Å². The maximum absolute atomic E-state index is 12.6. The summed E-state index contributed by atoms with van der Waals surface area (Å²) < 4.78 is 40.6. The van der Waals surface area contributed by atoms with Crippen LogP contribution in [-0.4, -0.2) is 24.2 Å². The third-order valence-corrected chi connectivity index (χ3v) is 1.83. The minimum Gasteiger partial charge on any atom is -0.454 e. The Morgan fingerprint density at radius 1 is 1.38 bits per heavy atom. The van der Waals surface area contributed by atoms with Crippen LogP contribution in [0.1, 0.15) is 15.9 Å². The van der Waals surface area contributed by atoms with Gasteiger partial charge in [-0.25, -0.2) is 8.78 Å². The zero-order valence-electron chi connectivity index (χ0n) is 8.07. The van der Waals surface area contributed by atoms with Gasteiger partial charge in [-0.1, -0.05) is 0 Å². The summed E-state index contributed by atoms with van der Waals surface area (Å²) in [4.78, 5) is 10.4. The van der Waals surface area contributed by atoms with E-state index in [9.17, 15) is 18.0 Å². The standard InChI is InChI=1S/C10H9F3O3/c11-9(12)10(13)16-8-2-1-6(4-14)3-7(8)5-15/h1-4,9-10,15H,5H2. The fraction of sp³-hybridized carbons (Fsp3) is 0.300. The van der Waals surface area contributed by atoms with Crippen molar-refractivity contribution in [3.05, 3.63) is 29.3 Å². The molecule has 1 aromatic rings. The highest BCUT2D eigenvalue weighted by atomic mass is 19.3. The van der Waals surface area contributed by atoms with Crippen molar-refractivity contribution in [3.8, 4) is 5.75 Å². The van der Waals surface area contributed by atoms with Crippen LogP contribution in [0.5, 0.6) is 5.75 Å². The lowest BCUT2D eigenvalue weighted by Crippen LogP contribution is -2.20. The monoisotopic (exact) mass is 234 g/mol. The molecule has 1 unspecified atom stereocenters. The lowest BCUT2D eigenvalue weighted by atomic mass is 10.1. The molecule has 0 saturated carbocycles. The summed E-state index contributed by atoms with van der Waals surface area (Å²) in [5.41, 5.74) is 0.316. The topological polar surface area (TPSA) is 46.5 Å². The molecule has 0 radical (unpaired) electrons. The Hall–Kier alpha value is -1.56. The van der Waals surface area contributed by atoms with Crippen molar-refractivity contribution in [3.63, 3.8) is 0 Å². The molecule has 1 N–H and O–H groups in total. The molecule has 1 rings (SSSR count). The summed E-state index contributed by atoms with van der Waals surface area (Å²) in [6.45, 7) is -0.535. The van der Waals surface area contributed by atoms with Crippen molar-refractivity contribution in [2.45, 2.75) is 19.4 Å². The van der Waals surface area contributed by atoms with E-state index in [1.54, 1.807) is 0 Å². The summed E-state index contributed by atoms with van der Waals surface area (Å²) in [5, 5.41) is 8.88. The van der Waals surface area contributed by atoms with E-state index in [1.807, 2.05) is 0 Å². The fourth-order valence-corrected chi connectivity index (χ4v) is 1.08. The molecule has 1 aromatic carbocycles. The molecule has 0 aliphatic carbocycles.